The van der Waals surface area contributed by atoms with Crippen LogP contribution in [0.3, 0.4) is 0 Å². The molecular weight excluding hydrogens is 364 g/mol. The van der Waals surface area contributed by atoms with E-state index in [-0.39, 0.29) is 5.91 Å². The lowest BCUT2D eigenvalue weighted by atomic mass is 9.89. The highest BCUT2D eigenvalue weighted by Crippen LogP contribution is 2.44. The Kier molecular flexibility index (Phi) is 5.83. The van der Waals surface area contributed by atoms with Gasteiger partial charge >= 0.3 is 0 Å². The summed E-state index contributed by atoms with van der Waals surface area (Å²) in [5.41, 5.74) is 2.49. The molecular formula is C23H30N4O2. The van der Waals surface area contributed by atoms with Crippen molar-refractivity contribution in [1.29, 1.82) is 0 Å². The van der Waals surface area contributed by atoms with E-state index in [9.17, 15) is 4.79 Å². The van der Waals surface area contributed by atoms with Gasteiger partial charge in [0.2, 0.25) is 5.91 Å². The molecule has 0 spiro atoms. The van der Waals surface area contributed by atoms with Crippen molar-refractivity contribution >= 4 is 5.91 Å². The lowest BCUT2D eigenvalue weighted by Crippen LogP contribution is -2.39. The van der Waals surface area contributed by atoms with Crippen molar-refractivity contribution in [3.63, 3.8) is 0 Å². The molecule has 3 atom stereocenters. The van der Waals surface area contributed by atoms with Crippen LogP contribution in [0.25, 0.3) is 0 Å². The Hall–Kier alpha value is -2.44. The van der Waals surface area contributed by atoms with Gasteiger partial charge in [0.1, 0.15) is 5.75 Å². The van der Waals surface area contributed by atoms with Gasteiger partial charge in [0.25, 0.3) is 0 Å². The van der Waals surface area contributed by atoms with E-state index in [1.807, 2.05) is 31.3 Å². The molecule has 0 bridgehead atoms. The summed E-state index contributed by atoms with van der Waals surface area (Å²) in [4.78, 5) is 23.6. The van der Waals surface area contributed by atoms with E-state index in [0.717, 1.165) is 31.9 Å². The second-order valence-electron chi connectivity index (χ2n) is 8.41. The standard InChI is InChI=1S/C23H30N4O2/c1-25(12-17-8-10-24-11-9-17)16-22(28)27-14-19-13-26(2)23(21(19)15-27)18-4-6-20(29-3)7-5-18/h4-11,19,21,23H,12-16H2,1-3H3/t19-,21+,23+/m0/s1. The molecule has 2 aromatic rings. The maximum Gasteiger partial charge on any atom is 0.236 e. The predicted molar refractivity (Wildman–Crippen MR) is 112 cm³/mol. The number of fused-ring (bicyclic) bond motifs is 1. The van der Waals surface area contributed by atoms with Crippen LogP contribution >= 0.6 is 0 Å². The number of likely N-dealkylation sites (tertiary alicyclic amines) is 2. The van der Waals surface area contributed by atoms with Gasteiger partial charge in [0, 0.05) is 50.5 Å². The summed E-state index contributed by atoms with van der Waals surface area (Å²) in [5, 5.41) is 0. The number of pyridine rings is 1. The third-order valence-electron chi connectivity index (χ3n) is 6.31. The molecule has 1 amide bonds. The minimum atomic E-state index is 0.229. The maximum absolute atomic E-state index is 12.9. The predicted octanol–water partition coefficient (Wildman–Crippen LogP) is 2.28. The first-order chi connectivity index (χ1) is 14.0. The van der Waals surface area contributed by atoms with Crippen LogP contribution in [0.4, 0.5) is 0 Å². The van der Waals surface area contributed by atoms with E-state index in [1.54, 1.807) is 19.5 Å². The van der Waals surface area contributed by atoms with Crippen LogP contribution in [-0.4, -0.2) is 73.0 Å². The number of hydrogen-bond acceptors (Lipinski definition) is 5. The molecule has 3 heterocycles. The van der Waals surface area contributed by atoms with Gasteiger partial charge in [-0.2, -0.15) is 0 Å². The van der Waals surface area contributed by atoms with Crippen molar-refractivity contribution in [2.45, 2.75) is 12.6 Å². The summed E-state index contributed by atoms with van der Waals surface area (Å²) in [6, 6.07) is 12.7. The quantitative estimate of drug-likeness (QED) is 0.752. The normalized spacial score (nSPS) is 24.1. The zero-order chi connectivity index (χ0) is 20.4. The Morgan fingerprint density at radius 3 is 2.55 bits per heavy atom. The van der Waals surface area contributed by atoms with Gasteiger partial charge in [-0.3, -0.25) is 19.6 Å². The van der Waals surface area contributed by atoms with Gasteiger partial charge in [-0.15, -0.1) is 0 Å². The smallest absolute Gasteiger partial charge is 0.236 e. The number of carbonyl (C=O) groups excluding carboxylic acids is 1. The molecule has 6 heteroatoms. The highest BCUT2D eigenvalue weighted by molar-refractivity contribution is 5.78. The van der Waals surface area contributed by atoms with E-state index in [4.69, 9.17) is 4.74 Å². The molecule has 2 aliphatic rings. The number of amides is 1. The average Bonchev–Trinajstić information content (AvgIpc) is 3.25. The van der Waals surface area contributed by atoms with Crippen molar-refractivity contribution in [2.75, 3.05) is 47.4 Å². The van der Waals surface area contributed by atoms with Crippen LogP contribution in [0.5, 0.6) is 5.75 Å². The molecule has 2 aliphatic heterocycles. The van der Waals surface area contributed by atoms with Gasteiger partial charge in [-0.25, -0.2) is 0 Å². The Balaban J connectivity index is 1.37. The summed E-state index contributed by atoms with van der Waals surface area (Å²) in [6.45, 7) is 3.95. The van der Waals surface area contributed by atoms with Gasteiger partial charge < -0.3 is 9.64 Å². The number of benzene rings is 1. The summed E-state index contributed by atoms with van der Waals surface area (Å²) in [5.74, 6) is 2.14. The van der Waals surface area contributed by atoms with Gasteiger partial charge in [-0.1, -0.05) is 12.1 Å². The number of methoxy groups -OCH3 is 1. The molecule has 0 unspecified atom stereocenters. The molecule has 154 valence electrons. The Morgan fingerprint density at radius 1 is 1.14 bits per heavy atom. The van der Waals surface area contributed by atoms with Crippen LogP contribution in [0.2, 0.25) is 0 Å². The number of likely N-dealkylation sites (N-methyl/N-ethyl adjacent to an activating group) is 1. The van der Waals surface area contributed by atoms with Crippen molar-refractivity contribution < 1.29 is 9.53 Å². The highest BCUT2D eigenvalue weighted by Gasteiger charge is 2.47. The van der Waals surface area contributed by atoms with Crippen molar-refractivity contribution in [1.82, 2.24) is 19.7 Å². The average molecular weight is 395 g/mol. The molecule has 4 rings (SSSR count). The lowest BCUT2D eigenvalue weighted by molar-refractivity contribution is -0.131. The third-order valence-corrected chi connectivity index (χ3v) is 6.31. The summed E-state index contributed by atoms with van der Waals surface area (Å²) in [6.07, 6.45) is 3.59. The van der Waals surface area contributed by atoms with Gasteiger partial charge in [-0.05, 0) is 55.4 Å². The molecule has 0 radical (unpaired) electrons. The van der Waals surface area contributed by atoms with Crippen molar-refractivity contribution in [3.8, 4) is 5.75 Å². The number of nitrogens with zero attached hydrogens (tertiary/aromatic N) is 4. The van der Waals surface area contributed by atoms with Crippen LogP contribution < -0.4 is 4.74 Å². The summed E-state index contributed by atoms with van der Waals surface area (Å²) < 4.78 is 5.30. The third kappa shape index (κ3) is 4.28. The summed E-state index contributed by atoms with van der Waals surface area (Å²) >= 11 is 0. The largest absolute Gasteiger partial charge is 0.497 e. The van der Waals surface area contributed by atoms with E-state index in [2.05, 4.69) is 38.9 Å². The molecule has 29 heavy (non-hydrogen) atoms. The van der Waals surface area contributed by atoms with E-state index >= 15 is 0 Å². The maximum atomic E-state index is 12.9. The van der Waals surface area contributed by atoms with Gasteiger partial charge in [0.05, 0.1) is 13.7 Å². The molecule has 0 aliphatic carbocycles. The van der Waals surface area contributed by atoms with Gasteiger partial charge in [0.15, 0.2) is 0 Å². The lowest BCUT2D eigenvalue weighted by Gasteiger charge is -2.28. The first-order valence-corrected chi connectivity index (χ1v) is 10.2. The second kappa shape index (κ2) is 8.51. The number of ether oxygens (including phenoxy) is 1. The van der Waals surface area contributed by atoms with E-state index in [0.29, 0.717) is 24.4 Å². The van der Waals surface area contributed by atoms with Crippen LogP contribution in [0.1, 0.15) is 17.2 Å². The molecule has 0 N–H and O–H groups in total. The SMILES string of the molecule is COc1ccc([C@@H]2[C@@H]3CN(C(=O)CN(C)Cc4ccncc4)C[C@@H]3CN2C)cc1. The first kappa shape index (κ1) is 19.9. The fraction of sp³-hybridized carbons (Fsp3) is 0.478. The molecule has 2 saturated heterocycles. The molecule has 2 fully saturated rings. The van der Waals surface area contributed by atoms with E-state index in [1.165, 1.54) is 11.1 Å². The zero-order valence-electron chi connectivity index (χ0n) is 17.5. The van der Waals surface area contributed by atoms with E-state index < -0.39 is 0 Å². The Morgan fingerprint density at radius 2 is 1.86 bits per heavy atom. The Bertz CT molecular complexity index is 827. The molecule has 6 nitrogen and oxygen atoms in total. The number of rotatable bonds is 6. The zero-order valence-corrected chi connectivity index (χ0v) is 17.5. The fourth-order valence-electron chi connectivity index (χ4n) is 4.95. The molecule has 1 aromatic heterocycles. The fourth-order valence-corrected chi connectivity index (χ4v) is 4.95. The molecule has 0 saturated carbocycles. The Labute approximate surface area is 173 Å². The van der Waals surface area contributed by atoms with Crippen LogP contribution in [0.15, 0.2) is 48.8 Å². The van der Waals surface area contributed by atoms with Crippen LogP contribution in [-0.2, 0) is 11.3 Å². The minimum absolute atomic E-state index is 0.229. The first-order valence-electron chi connectivity index (χ1n) is 10.2. The monoisotopic (exact) mass is 394 g/mol. The van der Waals surface area contributed by atoms with Crippen LogP contribution in [0, 0.1) is 11.8 Å². The van der Waals surface area contributed by atoms with Crippen molar-refractivity contribution in [2.24, 2.45) is 11.8 Å². The highest BCUT2D eigenvalue weighted by atomic mass is 16.5. The number of aromatic nitrogens is 1. The number of hydrogen-bond donors (Lipinski definition) is 0. The minimum Gasteiger partial charge on any atom is -0.497 e. The second-order valence-corrected chi connectivity index (χ2v) is 8.41. The summed E-state index contributed by atoms with van der Waals surface area (Å²) in [7, 11) is 5.89. The number of carbonyl (C=O) groups is 1. The van der Waals surface area contributed by atoms with Crippen molar-refractivity contribution in [3.05, 3.63) is 59.9 Å². The molecule has 1 aromatic carbocycles. The topological polar surface area (TPSA) is 48.9 Å².